The molecule has 1 aliphatic carbocycles. The van der Waals surface area contributed by atoms with Gasteiger partial charge in [-0.15, -0.1) is 0 Å². The van der Waals surface area contributed by atoms with Crippen LogP contribution in [0.1, 0.15) is 54.4 Å². The monoisotopic (exact) mass is 538 g/mol. The molecule has 2 aromatic heterocycles. The van der Waals surface area contributed by atoms with Crippen LogP contribution < -0.4 is 21.3 Å². The summed E-state index contributed by atoms with van der Waals surface area (Å²) in [7, 11) is 0. The zero-order chi connectivity index (χ0) is 27.4. The van der Waals surface area contributed by atoms with Gasteiger partial charge in [0.15, 0.2) is 0 Å². The van der Waals surface area contributed by atoms with Crippen LogP contribution in [0.25, 0.3) is 11.1 Å². The maximum atomic E-state index is 12.9. The molecule has 3 aromatic rings. The molecule has 3 atom stereocenters. The summed E-state index contributed by atoms with van der Waals surface area (Å²) in [6.45, 7) is 1.47. The minimum atomic E-state index is -4.39. The highest BCUT2D eigenvalue weighted by Crippen LogP contribution is 2.30. The number of carbonyl (C=O) groups is 1. The topological polar surface area (TPSA) is 96.2 Å². The molecule has 2 fully saturated rings. The van der Waals surface area contributed by atoms with E-state index in [4.69, 9.17) is 5.73 Å². The number of hydrogen-bond donors (Lipinski definition) is 3. The first-order chi connectivity index (χ1) is 18.8. The van der Waals surface area contributed by atoms with E-state index in [-0.39, 0.29) is 18.1 Å². The van der Waals surface area contributed by atoms with E-state index in [1.54, 1.807) is 18.3 Å². The largest absolute Gasteiger partial charge is 0.417 e. The molecular weight excluding hydrogens is 505 g/mol. The summed E-state index contributed by atoms with van der Waals surface area (Å²) in [5, 5.41) is 7.47. The Morgan fingerprint density at radius 3 is 2.49 bits per heavy atom. The molecule has 0 spiro atoms. The average Bonchev–Trinajstić information content (AvgIpc) is 2.94. The third-order valence-corrected chi connectivity index (χ3v) is 7.61. The van der Waals surface area contributed by atoms with Crippen LogP contribution in [0.15, 0.2) is 60.9 Å². The lowest BCUT2D eigenvalue weighted by Gasteiger charge is -2.40. The average molecular weight is 539 g/mol. The molecule has 39 heavy (non-hydrogen) atoms. The van der Waals surface area contributed by atoms with Crippen LogP contribution in [0.5, 0.6) is 0 Å². The summed E-state index contributed by atoms with van der Waals surface area (Å²) in [6, 6.07) is 14.4. The Morgan fingerprint density at radius 1 is 0.949 bits per heavy atom. The number of nitrogens with zero attached hydrogens (tertiary/aromatic N) is 3. The number of nitrogens with one attached hydrogen (secondary N) is 2. The molecule has 1 aliphatic heterocycles. The number of aromatic nitrogens is 2. The number of nitrogens with two attached hydrogens (primary N) is 1. The summed E-state index contributed by atoms with van der Waals surface area (Å²) in [6.07, 6.45) is 4.55. The van der Waals surface area contributed by atoms with Gasteiger partial charge in [-0.3, -0.25) is 4.79 Å². The van der Waals surface area contributed by atoms with Gasteiger partial charge in [-0.05, 0) is 73.2 Å². The van der Waals surface area contributed by atoms with Crippen molar-refractivity contribution in [1.29, 1.82) is 0 Å². The molecule has 1 amide bonds. The molecule has 1 saturated carbocycles. The predicted molar refractivity (Wildman–Crippen MR) is 145 cm³/mol. The van der Waals surface area contributed by atoms with Gasteiger partial charge in [-0.2, -0.15) is 13.2 Å². The fraction of sp³-hybridized carbons (Fsp3) is 0.414. The SMILES string of the molecule is NC(=O)c1cccc(-c2ccnc(N[C@@H]3CCCC[C@H]3N[C@H]3CCCN(c4ccc(C(F)(F)F)cn4)C3)c2)c1. The number of benzene rings is 1. The van der Waals surface area contributed by atoms with Crippen molar-refractivity contribution in [3.05, 3.63) is 72.1 Å². The summed E-state index contributed by atoms with van der Waals surface area (Å²) >= 11 is 0. The predicted octanol–water partition coefficient (Wildman–Crippen LogP) is 5.24. The Morgan fingerprint density at radius 2 is 1.74 bits per heavy atom. The molecule has 4 N–H and O–H groups in total. The fourth-order valence-electron chi connectivity index (χ4n) is 5.60. The lowest BCUT2D eigenvalue weighted by atomic mass is 9.89. The second kappa shape index (κ2) is 11.6. The number of hydrogen-bond acceptors (Lipinski definition) is 6. The minimum absolute atomic E-state index is 0.193. The van der Waals surface area contributed by atoms with Crippen LogP contribution in [0.2, 0.25) is 0 Å². The molecule has 1 aromatic carbocycles. The van der Waals surface area contributed by atoms with Gasteiger partial charge in [0.2, 0.25) is 5.91 Å². The zero-order valence-electron chi connectivity index (χ0n) is 21.6. The van der Waals surface area contributed by atoms with E-state index in [0.717, 1.165) is 74.3 Å². The molecule has 0 radical (unpaired) electrons. The van der Waals surface area contributed by atoms with Crippen LogP contribution >= 0.6 is 0 Å². The van der Waals surface area contributed by atoms with Gasteiger partial charge in [0.25, 0.3) is 0 Å². The number of pyridine rings is 2. The minimum Gasteiger partial charge on any atom is -0.366 e. The Hall–Kier alpha value is -3.66. The first-order valence-electron chi connectivity index (χ1n) is 13.4. The van der Waals surface area contributed by atoms with E-state index in [1.165, 1.54) is 6.07 Å². The Bertz CT molecular complexity index is 1280. The van der Waals surface area contributed by atoms with Crippen LogP contribution in [-0.4, -0.2) is 47.1 Å². The van der Waals surface area contributed by atoms with Crippen molar-refractivity contribution in [2.24, 2.45) is 5.73 Å². The molecule has 206 valence electrons. The first kappa shape index (κ1) is 26.9. The Labute approximate surface area is 226 Å². The van der Waals surface area contributed by atoms with E-state index in [9.17, 15) is 18.0 Å². The number of carbonyl (C=O) groups excluding carboxylic acids is 1. The zero-order valence-corrected chi connectivity index (χ0v) is 21.6. The van der Waals surface area contributed by atoms with Gasteiger partial charge in [0.05, 0.1) is 5.56 Å². The van der Waals surface area contributed by atoms with Gasteiger partial charge in [0.1, 0.15) is 11.6 Å². The second-order valence-electron chi connectivity index (χ2n) is 10.4. The highest BCUT2D eigenvalue weighted by molar-refractivity contribution is 5.94. The van der Waals surface area contributed by atoms with Crippen molar-refractivity contribution in [3.63, 3.8) is 0 Å². The molecule has 7 nitrogen and oxygen atoms in total. The van der Waals surface area contributed by atoms with Crippen molar-refractivity contribution in [2.45, 2.75) is 62.8 Å². The Balaban J connectivity index is 1.24. The molecule has 3 heterocycles. The number of amides is 1. The van der Waals surface area contributed by atoms with Crippen LogP contribution in [0.4, 0.5) is 24.8 Å². The number of piperidine rings is 1. The molecule has 2 aliphatic rings. The van der Waals surface area contributed by atoms with Crippen molar-refractivity contribution in [3.8, 4) is 11.1 Å². The van der Waals surface area contributed by atoms with Gasteiger partial charge in [-0.1, -0.05) is 25.0 Å². The number of rotatable bonds is 7. The van der Waals surface area contributed by atoms with E-state index in [1.807, 2.05) is 24.3 Å². The molecule has 10 heteroatoms. The third kappa shape index (κ3) is 6.68. The molecular formula is C29H33F3N6O. The third-order valence-electron chi connectivity index (χ3n) is 7.61. The summed E-state index contributed by atoms with van der Waals surface area (Å²) < 4.78 is 38.8. The van der Waals surface area contributed by atoms with Crippen LogP contribution in [0, 0.1) is 0 Å². The molecule has 5 rings (SSSR count). The van der Waals surface area contributed by atoms with E-state index >= 15 is 0 Å². The maximum Gasteiger partial charge on any atom is 0.417 e. The van der Waals surface area contributed by atoms with Crippen LogP contribution in [-0.2, 0) is 6.18 Å². The fourth-order valence-corrected chi connectivity index (χ4v) is 5.60. The standard InChI is InChI=1S/C29H33F3N6O/c30-29(31,32)22-10-11-27(35-17-22)38-14-4-7-23(18-38)36-24-8-1-2-9-25(24)37-26-16-20(12-13-34-26)19-5-3-6-21(15-19)28(33)39/h3,5-6,10-13,15-17,23-25,36H,1-2,4,7-9,14,18H2,(H2,33,39)(H,34,37)/t23-,24+,25+/m0/s1. The summed E-state index contributed by atoms with van der Waals surface area (Å²) in [4.78, 5) is 22.3. The maximum absolute atomic E-state index is 12.9. The highest BCUT2D eigenvalue weighted by atomic mass is 19.4. The molecule has 0 unspecified atom stereocenters. The van der Waals surface area contributed by atoms with E-state index in [0.29, 0.717) is 17.9 Å². The van der Waals surface area contributed by atoms with Gasteiger partial charge < -0.3 is 21.3 Å². The quantitative estimate of drug-likeness (QED) is 0.381. The van der Waals surface area contributed by atoms with Crippen LogP contribution in [0.3, 0.4) is 0 Å². The number of primary amides is 1. The lowest BCUT2D eigenvalue weighted by molar-refractivity contribution is -0.137. The lowest BCUT2D eigenvalue weighted by Crippen LogP contribution is -2.55. The highest BCUT2D eigenvalue weighted by Gasteiger charge is 2.32. The second-order valence-corrected chi connectivity index (χ2v) is 10.4. The van der Waals surface area contributed by atoms with Crippen molar-refractivity contribution >= 4 is 17.5 Å². The first-order valence-corrected chi connectivity index (χ1v) is 13.4. The van der Waals surface area contributed by atoms with Crippen molar-refractivity contribution < 1.29 is 18.0 Å². The van der Waals surface area contributed by atoms with Crippen molar-refractivity contribution in [1.82, 2.24) is 15.3 Å². The number of alkyl halides is 3. The number of halogens is 3. The van der Waals surface area contributed by atoms with E-state index in [2.05, 4.69) is 25.5 Å². The molecule has 0 bridgehead atoms. The normalized spacial score (nSPS) is 21.9. The number of anilines is 2. The van der Waals surface area contributed by atoms with Crippen molar-refractivity contribution in [2.75, 3.05) is 23.3 Å². The molecule has 1 saturated heterocycles. The summed E-state index contributed by atoms with van der Waals surface area (Å²) in [5.41, 5.74) is 7.03. The van der Waals surface area contributed by atoms with Gasteiger partial charge in [-0.25, -0.2) is 9.97 Å². The van der Waals surface area contributed by atoms with Gasteiger partial charge >= 0.3 is 6.18 Å². The smallest absolute Gasteiger partial charge is 0.366 e. The van der Waals surface area contributed by atoms with Gasteiger partial charge in [0, 0.05) is 49.2 Å². The Kier molecular flexibility index (Phi) is 8.02. The van der Waals surface area contributed by atoms with E-state index < -0.39 is 17.6 Å². The summed E-state index contributed by atoms with van der Waals surface area (Å²) in [5.74, 6) is 0.889.